The van der Waals surface area contributed by atoms with Crippen molar-refractivity contribution in [2.45, 2.75) is 6.92 Å². The number of nitrogens with two attached hydrogens (primary N) is 1. The first-order valence-electron chi connectivity index (χ1n) is 8.21. The Morgan fingerprint density at radius 1 is 1.00 bits per heavy atom. The lowest BCUT2D eigenvalue weighted by Crippen LogP contribution is -2.30. The lowest BCUT2D eigenvalue weighted by atomic mass is 10.2. The van der Waals surface area contributed by atoms with Crippen LogP contribution in [0.15, 0.2) is 54.9 Å². The maximum absolute atomic E-state index is 12.2. The van der Waals surface area contributed by atoms with E-state index in [1.54, 1.807) is 31.4 Å². The zero-order chi connectivity index (χ0) is 19.2. The quantitative estimate of drug-likeness (QED) is 0.497. The molecule has 0 aliphatic rings. The van der Waals surface area contributed by atoms with E-state index < -0.39 is 0 Å². The van der Waals surface area contributed by atoms with E-state index in [0.717, 1.165) is 11.3 Å². The monoisotopic (exact) mass is 364 g/mol. The molecule has 1 amide bonds. The van der Waals surface area contributed by atoms with E-state index in [1.807, 2.05) is 31.2 Å². The van der Waals surface area contributed by atoms with Crippen LogP contribution in [0.4, 0.5) is 23.0 Å². The molecule has 0 spiro atoms. The van der Waals surface area contributed by atoms with Crippen molar-refractivity contribution < 1.29 is 9.53 Å². The Morgan fingerprint density at radius 3 is 2.33 bits per heavy atom. The topological polar surface area (TPSA) is 114 Å². The number of nitrogen functional groups attached to an aromatic ring is 1. The molecule has 8 heteroatoms. The van der Waals surface area contributed by atoms with Crippen molar-refractivity contribution in [2.75, 3.05) is 23.6 Å². The van der Waals surface area contributed by atoms with Crippen molar-refractivity contribution in [1.29, 1.82) is 0 Å². The highest BCUT2D eigenvalue weighted by Gasteiger charge is 2.10. The summed E-state index contributed by atoms with van der Waals surface area (Å²) in [5.41, 5.74) is 14.1. The molecule has 0 radical (unpaired) electrons. The summed E-state index contributed by atoms with van der Waals surface area (Å²) in [6, 6.07) is 14.5. The van der Waals surface area contributed by atoms with Gasteiger partial charge in [0.2, 0.25) is 0 Å². The average molecular weight is 364 g/mol. The predicted octanol–water partition coefficient (Wildman–Crippen LogP) is 2.88. The maximum atomic E-state index is 12.2. The van der Waals surface area contributed by atoms with E-state index >= 15 is 0 Å². The summed E-state index contributed by atoms with van der Waals surface area (Å²) >= 11 is 0. The number of hydrazine groups is 1. The zero-order valence-electron chi connectivity index (χ0n) is 15.0. The maximum Gasteiger partial charge on any atom is 0.269 e. The first-order valence-corrected chi connectivity index (χ1v) is 8.21. The number of nitrogens with one attached hydrogen (secondary N) is 3. The Kier molecular flexibility index (Phi) is 5.36. The second-order valence-corrected chi connectivity index (χ2v) is 5.78. The number of anilines is 4. The van der Waals surface area contributed by atoms with Crippen LogP contribution in [-0.2, 0) is 0 Å². The van der Waals surface area contributed by atoms with E-state index in [4.69, 9.17) is 10.5 Å². The summed E-state index contributed by atoms with van der Waals surface area (Å²) in [6.45, 7) is 2.01. The molecular formula is C19H20N6O2. The van der Waals surface area contributed by atoms with Crippen LogP contribution >= 0.6 is 0 Å². The summed E-state index contributed by atoms with van der Waals surface area (Å²) in [7, 11) is 1.57. The van der Waals surface area contributed by atoms with Gasteiger partial charge in [0.1, 0.15) is 17.8 Å². The van der Waals surface area contributed by atoms with E-state index in [0.29, 0.717) is 22.9 Å². The van der Waals surface area contributed by atoms with E-state index in [-0.39, 0.29) is 11.6 Å². The van der Waals surface area contributed by atoms with Gasteiger partial charge in [-0.15, -0.1) is 0 Å². The Balaban J connectivity index is 1.68. The van der Waals surface area contributed by atoms with E-state index in [1.165, 1.54) is 6.33 Å². The molecule has 0 unspecified atom stereocenters. The van der Waals surface area contributed by atoms with Crippen LogP contribution in [-0.4, -0.2) is 23.0 Å². The molecule has 0 aliphatic heterocycles. The number of benzene rings is 2. The standard InChI is InChI=1S/C19H20N6O2/c1-12-3-7-14(8-4-12)23-17-16(20)18(22-11-21-17)24-25-19(26)13-5-9-15(27-2)10-6-13/h3-11H,20H2,1-2H3,(H,25,26)(H2,21,22,23,24). The van der Waals surface area contributed by atoms with E-state index in [2.05, 4.69) is 26.1 Å². The number of carbonyl (C=O) groups excluding carboxylic acids is 1. The second kappa shape index (κ2) is 8.05. The second-order valence-electron chi connectivity index (χ2n) is 5.78. The van der Waals surface area contributed by atoms with Gasteiger partial charge < -0.3 is 15.8 Å². The van der Waals surface area contributed by atoms with E-state index in [9.17, 15) is 4.79 Å². The zero-order valence-corrected chi connectivity index (χ0v) is 15.0. The van der Waals surface area contributed by atoms with Gasteiger partial charge >= 0.3 is 0 Å². The van der Waals surface area contributed by atoms with Gasteiger partial charge in [-0.3, -0.25) is 15.6 Å². The number of hydrogen-bond donors (Lipinski definition) is 4. The SMILES string of the molecule is COc1ccc(C(=O)NNc2ncnc(Nc3ccc(C)cc3)c2N)cc1. The van der Waals surface area contributed by atoms with Crippen LogP contribution in [0.1, 0.15) is 15.9 Å². The number of carbonyl (C=O) groups is 1. The molecule has 8 nitrogen and oxygen atoms in total. The lowest BCUT2D eigenvalue weighted by Gasteiger charge is -2.13. The first-order chi connectivity index (χ1) is 13.1. The fourth-order valence-corrected chi connectivity index (χ4v) is 2.30. The lowest BCUT2D eigenvalue weighted by molar-refractivity contribution is 0.0962. The number of aryl methyl sites for hydroxylation is 1. The molecule has 3 aromatic rings. The third-order valence-corrected chi connectivity index (χ3v) is 3.84. The number of aromatic nitrogens is 2. The summed E-state index contributed by atoms with van der Waals surface area (Å²) in [5.74, 6) is 1.08. The molecule has 3 rings (SSSR count). The van der Waals surface area contributed by atoms with Gasteiger partial charge in [0, 0.05) is 11.3 Å². The van der Waals surface area contributed by atoms with Crippen LogP contribution in [0.25, 0.3) is 0 Å². The fourth-order valence-electron chi connectivity index (χ4n) is 2.30. The molecule has 138 valence electrons. The van der Waals surface area contributed by atoms with Gasteiger partial charge in [-0.1, -0.05) is 17.7 Å². The highest BCUT2D eigenvalue weighted by atomic mass is 16.5. The predicted molar refractivity (Wildman–Crippen MR) is 105 cm³/mol. The highest BCUT2D eigenvalue weighted by molar-refractivity contribution is 5.95. The van der Waals surface area contributed by atoms with Crippen LogP contribution in [0.2, 0.25) is 0 Å². The summed E-state index contributed by atoms with van der Waals surface area (Å²) in [5, 5.41) is 3.13. The molecule has 1 heterocycles. The normalized spacial score (nSPS) is 10.1. The summed E-state index contributed by atoms with van der Waals surface area (Å²) in [6.07, 6.45) is 1.36. The third kappa shape index (κ3) is 4.43. The third-order valence-electron chi connectivity index (χ3n) is 3.84. The number of rotatable bonds is 6. The molecule has 1 aromatic heterocycles. The van der Waals surface area contributed by atoms with Crippen molar-refractivity contribution in [1.82, 2.24) is 15.4 Å². The van der Waals surface area contributed by atoms with Crippen LogP contribution < -0.4 is 26.6 Å². The van der Waals surface area contributed by atoms with Gasteiger partial charge in [0.15, 0.2) is 11.6 Å². The summed E-state index contributed by atoms with van der Waals surface area (Å²) in [4.78, 5) is 20.4. The molecular weight excluding hydrogens is 344 g/mol. The molecule has 0 saturated carbocycles. The Labute approximate surface area is 156 Å². The largest absolute Gasteiger partial charge is 0.497 e. The first kappa shape index (κ1) is 18.0. The minimum absolute atomic E-state index is 0.285. The molecule has 27 heavy (non-hydrogen) atoms. The minimum Gasteiger partial charge on any atom is -0.497 e. The Bertz CT molecular complexity index is 926. The number of amides is 1. The molecule has 0 saturated heterocycles. The van der Waals surface area contributed by atoms with Crippen molar-refractivity contribution in [3.63, 3.8) is 0 Å². The number of hydrogen-bond acceptors (Lipinski definition) is 7. The fraction of sp³-hybridized carbons (Fsp3) is 0.105. The molecule has 2 aromatic carbocycles. The molecule has 0 aliphatic carbocycles. The highest BCUT2D eigenvalue weighted by Crippen LogP contribution is 2.25. The van der Waals surface area contributed by atoms with Crippen molar-refractivity contribution in [2.24, 2.45) is 0 Å². The smallest absolute Gasteiger partial charge is 0.269 e. The van der Waals surface area contributed by atoms with Crippen LogP contribution in [0.5, 0.6) is 5.75 Å². The number of nitrogens with zero attached hydrogens (tertiary/aromatic N) is 2. The molecule has 0 atom stereocenters. The molecule has 0 fully saturated rings. The van der Waals surface area contributed by atoms with Crippen molar-refractivity contribution in [3.8, 4) is 5.75 Å². The molecule has 5 N–H and O–H groups in total. The Morgan fingerprint density at radius 2 is 1.67 bits per heavy atom. The van der Waals surface area contributed by atoms with Crippen molar-refractivity contribution in [3.05, 3.63) is 66.0 Å². The van der Waals surface area contributed by atoms with Gasteiger partial charge in [0.05, 0.1) is 7.11 Å². The van der Waals surface area contributed by atoms with Crippen LogP contribution in [0.3, 0.4) is 0 Å². The number of ether oxygens (including phenoxy) is 1. The van der Waals surface area contributed by atoms with Gasteiger partial charge in [0.25, 0.3) is 5.91 Å². The Hall–Kier alpha value is -3.81. The van der Waals surface area contributed by atoms with Gasteiger partial charge in [-0.2, -0.15) is 0 Å². The van der Waals surface area contributed by atoms with Crippen LogP contribution in [0, 0.1) is 6.92 Å². The average Bonchev–Trinajstić information content (AvgIpc) is 2.70. The van der Waals surface area contributed by atoms with Gasteiger partial charge in [-0.25, -0.2) is 9.97 Å². The summed E-state index contributed by atoms with van der Waals surface area (Å²) < 4.78 is 5.07. The molecule has 0 bridgehead atoms. The van der Waals surface area contributed by atoms with Gasteiger partial charge in [-0.05, 0) is 43.3 Å². The minimum atomic E-state index is -0.330. The number of methoxy groups -OCH3 is 1. The van der Waals surface area contributed by atoms with Crippen molar-refractivity contribution >= 4 is 28.9 Å².